The number of nitrogen functional groups attached to an aromatic ring is 1. The Balaban J connectivity index is 2.01. The molecule has 0 unspecified atom stereocenters. The number of benzene rings is 2. The van der Waals surface area contributed by atoms with Crippen LogP contribution in [0.4, 0.5) is 17.1 Å². The highest BCUT2D eigenvalue weighted by molar-refractivity contribution is 5.96. The van der Waals surface area contributed by atoms with Crippen LogP contribution in [0.3, 0.4) is 0 Å². The van der Waals surface area contributed by atoms with Crippen LogP contribution in [0.5, 0.6) is 0 Å². The topological polar surface area (TPSA) is 58.4 Å². The van der Waals surface area contributed by atoms with E-state index in [9.17, 15) is 4.79 Å². The molecule has 4 nitrogen and oxygen atoms in total. The Morgan fingerprint density at radius 1 is 1.14 bits per heavy atom. The average molecular weight is 283 g/mol. The molecule has 2 rings (SSSR count). The monoisotopic (exact) mass is 283 g/mol. The second-order valence-electron chi connectivity index (χ2n) is 5.33. The van der Waals surface area contributed by atoms with Gasteiger partial charge < -0.3 is 16.0 Å². The summed E-state index contributed by atoms with van der Waals surface area (Å²) in [5, 5.41) is 2.85. The van der Waals surface area contributed by atoms with Gasteiger partial charge in [0.25, 0.3) is 0 Å². The van der Waals surface area contributed by atoms with E-state index in [0.29, 0.717) is 11.4 Å². The highest BCUT2D eigenvalue weighted by Gasteiger charge is 2.09. The van der Waals surface area contributed by atoms with Gasteiger partial charge in [-0.15, -0.1) is 0 Å². The van der Waals surface area contributed by atoms with Gasteiger partial charge in [0.05, 0.1) is 17.9 Å². The minimum Gasteiger partial charge on any atom is -0.397 e. The predicted octanol–water partition coefficient (Wildman–Crippen LogP) is 2.96. The molecule has 0 fully saturated rings. The fourth-order valence-corrected chi connectivity index (χ4v) is 2.16. The van der Waals surface area contributed by atoms with Crippen molar-refractivity contribution in [1.29, 1.82) is 0 Å². The van der Waals surface area contributed by atoms with E-state index >= 15 is 0 Å². The number of rotatable bonds is 4. The molecular weight excluding hydrogens is 262 g/mol. The SMILES string of the molecule is Cc1cccc(N(C)CC(=O)Nc2ccc(C)cc2N)c1. The predicted molar refractivity (Wildman–Crippen MR) is 88.7 cm³/mol. The zero-order valence-corrected chi connectivity index (χ0v) is 12.7. The van der Waals surface area contributed by atoms with Crippen molar-refractivity contribution in [3.63, 3.8) is 0 Å². The van der Waals surface area contributed by atoms with Crippen LogP contribution in [0.1, 0.15) is 11.1 Å². The number of nitrogens with zero attached hydrogens (tertiary/aromatic N) is 1. The standard InChI is InChI=1S/C17H21N3O/c1-12-5-4-6-14(9-12)20(3)11-17(21)19-16-8-7-13(2)10-15(16)18/h4-10H,11,18H2,1-3H3,(H,19,21). The molecule has 0 radical (unpaired) electrons. The molecule has 0 aliphatic heterocycles. The molecule has 0 aromatic heterocycles. The van der Waals surface area contributed by atoms with Crippen molar-refractivity contribution >= 4 is 23.0 Å². The Morgan fingerprint density at radius 3 is 2.52 bits per heavy atom. The van der Waals surface area contributed by atoms with Crippen LogP contribution in [-0.4, -0.2) is 19.5 Å². The summed E-state index contributed by atoms with van der Waals surface area (Å²) in [4.78, 5) is 14.0. The van der Waals surface area contributed by atoms with Crippen molar-refractivity contribution in [1.82, 2.24) is 0 Å². The smallest absolute Gasteiger partial charge is 0.243 e. The second-order valence-corrected chi connectivity index (χ2v) is 5.33. The fraction of sp³-hybridized carbons (Fsp3) is 0.235. The van der Waals surface area contributed by atoms with Gasteiger partial charge in [-0.2, -0.15) is 0 Å². The van der Waals surface area contributed by atoms with Gasteiger partial charge in [-0.25, -0.2) is 0 Å². The van der Waals surface area contributed by atoms with Crippen molar-refractivity contribution in [2.45, 2.75) is 13.8 Å². The van der Waals surface area contributed by atoms with Gasteiger partial charge in [0.1, 0.15) is 0 Å². The van der Waals surface area contributed by atoms with Crippen molar-refractivity contribution in [2.75, 3.05) is 29.5 Å². The first-order valence-electron chi connectivity index (χ1n) is 6.89. The fourth-order valence-electron chi connectivity index (χ4n) is 2.16. The van der Waals surface area contributed by atoms with Gasteiger partial charge in [0, 0.05) is 12.7 Å². The van der Waals surface area contributed by atoms with E-state index in [1.54, 1.807) is 0 Å². The quantitative estimate of drug-likeness (QED) is 0.848. The van der Waals surface area contributed by atoms with Crippen molar-refractivity contribution in [2.24, 2.45) is 0 Å². The number of nitrogens with one attached hydrogen (secondary N) is 1. The normalized spacial score (nSPS) is 10.2. The zero-order valence-electron chi connectivity index (χ0n) is 12.7. The van der Waals surface area contributed by atoms with Crippen LogP contribution in [-0.2, 0) is 4.79 Å². The van der Waals surface area contributed by atoms with Crippen LogP contribution in [0.2, 0.25) is 0 Å². The van der Waals surface area contributed by atoms with Gasteiger partial charge in [-0.1, -0.05) is 18.2 Å². The molecule has 2 aromatic carbocycles. The van der Waals surface area contributed by atoms with E-state index in [1.165, 1.54) is 5.56 Å². The number of carbonyl (C=O) groups is 1. The van der Waals surface area contributed by atoms with E-state index in [4.69, 9.17) is 5.73 Å². The van der Waals surface area contributed by atoms with Gasteiger partial charge >= 0.3 is 0 Å². The van der Waals surface area contributed by atoms with Crippen LogP contribution in [0.25, 0.3) is 0 Å². The number of amides is 1. The van der Waals surface area contributed by atoms with E-state index in [1.807, 2.05) is 68.3 Å². The summed E-state index contributed by atoms with van der Waals surface area (Å²) in [5.74, 6) is -0.0884. The Morgan fingerprint density at radius 2 is 1.86 bits per heavy atom. The summed E-state index contributed by atoms with van der Waals surface area (Å²) in [5.41, 5.74) is 10.4. The Labute approximate surface area is 125 Å². The van der Waals surface area contributed by atoms with E-state index < -0.39 is 0 Å². The number of likely N-dealkylation sites (N-methyl/N-ethyl adjacent to an activating group) is 1. The maximum Gasteiger partial charge on any atom is 0.243 e. The molecule has 110 valence electrons. The molecule has 0 heterocycles. The lowest BCUT2D eigenvalue weighted by molar-refractivity contribution is -0.114. The lowest BCUT2D eigenvalue weighted by Gasteiger charge is -2.19. The number of nitrogens with two attached hydrogens (primary N) is 1. The molecule has 0 saturated carbocycles. The molecule has 0 aliphatic carbocycles. The van der Waals surface area contributed by atoms with E-state index in [2.05, 4.69) is 5.32 Å². The Hall–Kier alpha value is -2.49. The minimum absolute atomic E-state index is 0.0884. The Kier molecular flexibility index (Phi) is 4.48. The lowest BCUT2D eigenvalue weighted by atomic mass is 10.2. The molecule has 1 amide bonds. The maximum absolute atomic E-state index is 12.1. The third-order valence-electron chi connectivity index (χ3n) is 3.30. The first-order chi connectivity index (χ1) is 9.95. The summed E-state index contributed by atoms with van der Waals surface area (Å²) >= 11 is 0. The molecule has 21 heavy (non-hydrogen) atoms. The number of aryl methyl sites for hydroxylation is 2. The van der Waals surface area contributed by atoms with Gasteiger partial charge in [-0.05, 0) is 49.2 Å². The summed E-state index contributed by atoms with van der Waals surface area (Å²) < 4.78 is 0. The summed E-state index contributed by atoms with van der Waals surface area (Å²) in [6.45, 7) is 4.27. The number of anilines is 3. The molecule has 0 spiro atoms. The summed E-state index contributed by atoms with van der Waals surface area (Å²) in [6, 6.07) is 13.7. The molecule has 4 heteroatoms. The average Bonchev–Trinajstić information content (AvgIpc) is 2.42. The summed E-state index contributed by atoms with van der Waals surface area (Å²) in [7, 11) is 1.90. The van der Waals surface area contributed by atoms with Gasteiger partial charge in [0.2, 0.25) is 5.91 Å². The van der Waals surface area contributed by atoms with Crippen LogP contribution in [0, 0.1) is 13.8 Å². The minimum atomic E-state index is -0.0884. The lowest BCUT2D eigenvalue weighted by Crippen LogP contribution is -2.30. The van der Waals surface area contributed by atoms with Gasteiger partial charge in [-0.3, -0.25) is 4.79 Å². The Bertz CT molecular complexity index is 652. The first-order valence-corrected chi connectivity index (χ1v) is 6.89. The number of hydrogen-bond donors (Lipinski definition) is 2. The third-order valence-corrected chi connectivity index (χ3v) is 3.30. The second kappa shape index (κ2) is 6.31. The highest BCUT2D eigenvalue weighted by Crippen LogP contribution is 2.20. The molecule has 0 saturated heterocycles. The molecule has 0 aliphatic rings. The van der Waals surface area contributed by atoms with E-state index in [-0.39, 0.29) is 12.5 Å². The van der Waals surface area contributed by atoms with Crippen LogP contribution in [0.15, 0.2) is 42.5 Å². The van der Waals surface area contributed by atoms with Crippen LogP contribution >= 0.6 is 0 Å². The largest absolute Gasteiger partial charge is 0.397 e. The van der Waals surface area contributed by atoms with Crippen molar-refractivity contribution in [3.05, 3.63) is 53.6 Å². The highest BCUT2D eigenvalue weighted by atomic mass is 16.2. The molecule has 0 bridgehead atoms. The van der Waals surface area contributed by atoms with E-state index in [0.717, 1.165) is 11.3 Å². The van der Waals surface area contributed by atoms with Crippen LogP contribution < -0.4 is 16.0 Å². The summed E-state index contributed by atoms with van der Waals surface area (Å²) in [6.07, 6.45) is 0. The van der Waals surface area contributed by atoms with Crippen molar-refractivity contribution < 1.29 is 4.79 Å². The molecule has 3 N–H and O–H groups in total. The van der Waals surface area contributed by atoms with Gasteiger partial charge in [0.15, 0.2) is 0 Å². The molecular formula is C17H21N3O. The maximum atomic E-state index is 12.1. The number of hydrogen-bond acceptors (Lipinski definition) is 3. The number of carbonyl (C=O) groups excluding carboxylic acids is 1. The first kappa shape index (κ1) is 14.9. The molecule has 2 aromatic rings. The third kappa shape index (κ3) is 3.99. The molecule has 0 atom stereocenters. The van der Waals surface area contributed by atoms with Crippen molar-refractivity contribution in [3.8, 4) is 0 Å². The zero-order chi connectivity index (χ0) is 15.4.